The molecule has 0 aliphatic carbocycles. The van der Waals surface area contributed by atoms with Gasteiger partial charge in [-0.25, -0.2) is 9.13 Å². The smallest absolute Gasteiger partial charge is 0.228 e. The van der Waals surface area contributed by atoms with Crippen LogP contribution in [0.15, 0.2) is 12.1 Å². The molecule has 1 heterocycles. The van der Waals surface area contributed by atoms with E-state index in [0.717, 1.165) is 24.1 Å². The summed E-state index contributed by atoms with van der Waals surface area (Å²) in [7, 11) is 0. The zero-order chi connectivity index (χ0) is 12.6. The largest absolute Gasteiger partial charge is 0.254 e. The molecule has 0 saturated heterocycles. The normalized spacial score (nSPS) is 10.8. The Morgan fingerprint density at radius 2 is 2.12 bits per heavy atom. The molecule has 4 heteroatoms. The van der Waals surface area contributed by atoms with Crippen molar-refractivity contribution in [2.75, 3.05) is 0 Å². The zero-order valence-corrected chi connectivity index (χ0v) is 11.0. The third kappa shape index (κ3) is 1.69. The molecule has 1 aromatic carbocycles. The lowest BCUT2D eigenvalue weighted by molar-refractivity contribution is -0.674. The SMILES string of the molecule is CCn1c(C)[n+](CC)c2cc(C#N)c(Cl)cc21. The van der Waals surface area contributed by atoms with Crippen molar-refractivity contribution in [1.82, 2.24) is 4.57 Å². The summed E-state index contributed by atoms with van der Waals surface area (Å²) in [4.78, 5) is 0. The predicted molar refractivity (Wildman–Crippen MR) is 67.9 cm³/mol. The van der Waals surface area contributed by atoms with Crippen molar-refractivity contribution >= 4 is 22.6 Å². The van der Waals surface area contributed by atoms with E-state index in [1.54, 1.807) is 0 Å². The van der Waals surface area contributed by atoms with Crippen molar-refractivity contribution in [3.8, 4) is 6.07 Å². The van der Waals surface area contributed by atoms with E-state index in [1.807, 2.05) is 12.1 Å². The van der Waals surface area contributed by atoms with Crippen LogP contribution in [0.3, 0.4) is 0 Å². The number of imidazole rings is 1. The number of halogens is 1. The lowest BCUT2D eigenvalue weighted by Gasteiger charge is -1.95. The van der Waals surface area contributed by atoms with Crippen molar-refractivity contribution < 1.29 is 4.57 Å². The van der Waals surface area contributed by atoms with Gasteiger partial charge in [-0.15, -0.1) is 0 Å². The van der Waals surface area contributed by atoms with E-state index in [4.69, 9.17) is 16.9 Å². The molecule has 2 rings (SSSR count). The van der Waals surface area contributed by atoms with Crippen LogP contribution in [0.1, 0.15) is 25.2 Å². The van der Waals surface area contributed by atoms with Gasteiger partial charge in [-0.05, 0) is 13.8 Å². The number of benzene rings is 1. The highest BCUT2D eigenvalue weighted by molar-refractivity contribution is 6.32. The van der Waals surface area contributed by atoms with E-state index in [0.29, 0.717) is 10.6 Å². The van der Waals surface area contributed by atoms with Crippen molar-refractivity contribution in [3.63, 3.8) is 0 Å². The van der Waals surface area contributed by atoms with Crippen molar-refractivity contribution in [2.24, 2.45) is 0 Å². The van der Waals surface area contributed by atoms with Crippen LogP contribution in [0.5, 0.6) is 0 Å². The molecule has 0 spiro atoms. The van der Waals surface area contributed by atoms with Crippen LogP contribution in [-0.4, -0.2) is 4.57 Å². The van der Waals surface area contributed by atoms with E-state index < -0.39 is 0 Å². The summed E-state index contributed by atoms with van der Waals surface area (Å²) in [5, 5.41) is 9.55. The van der Waals surface area contributed by atoms with Crippen molar-refractivity contribution in [2.45, 2.75) is 33.9 Å². The number of fused-ring (bicyclic) bond motifs is 1. The number of aromatic nitrogens is 2. The summed E-state index contributed by atoms with van der Waals surface area (Å²) in [6.45, 7) is 8.10. The molecule has 0 saturated carbocycles. The maximum atomic E-state index is 9.02. The second kappa shape index (κ2) is 4.38. The van der Waals surface area contributed by atoms with Gasteiger partial charge in [-0.1, -0.05) is 11.6 Å². The Kier molecular flexibility index (Phi) is 3.08. The van der Waals surface area contributed by atoms with E-state index in [-0.39, 0.29) is 0 Å². The van der Waals surface area contributed by atoms with Gasteiger partial charge in [-0.2, -0.15) is 5.26 Å². The molecule has 0 fully saturated rings. The van der Waals surface area contributed by atoms with Crippen LogP contribution in [-0.2, 0) is 13.1 Å². The maximum absolute atomic E-state index is 9.02. The van der Waals surface area contributed by atoms with Crippen molar-refractivity contribution in [1.29, 1.82) is 5.26 Å². The van der Waals surface area contributed by atoms with Crippen LogP contribution in [0.4, 0.5) is 0 Å². The molecule has 0 radical (unpaired) electrons. The van der Waals surface area contributed by atoms with Gasteiger partial charge in [0.1, 0.15) is 6.07 Å². The highest BCUT2D eigenvalue weighted by atomic mass is 35.5. The number of hydrogen-bond donors (Lipinski definition) is 0. The first-order chi connectivity index (χ1) is 8.13. The van der Waals surface area contributed by atoms with Gasteiger partial charge in [0, 0.05) is 19.1 Å². The minimum atomic E-state index is 0.524. The third-order valence-corrected chi connectivity index (χ3v) is 3.49. The maximum Gasteiger partial charge on any atom is 0.254 e. The highest BCUT2D eigenvalue weighted by Crippen LogP contribution is 2.23. The topological polar surface area (TPSA) is 32.6 Å². The van der Waals surface area contributed by atoms with Gasteiger partial charge in [0.15, 0.2) is 11.0 Å². The second-order valence-electron chi connectivity index (χ2n) is 3.97. The molecule has 0 atom stereocenters. The van der Waals surface area contributed by atoms with Crippen LogP contribution in [0.25, 0.3) is 11.0 Å². The van der Waals surface area contributed by atoms with Crippen LogP contribution < -0.4 is 4.57 Å². The molecule has 2 aromatic rings. The fraction of sp³-hybridized carbons (Fsp3) is 0.385. The third-order valence-electron chi connectivity index (χ3n) is 3.18. The standard InChI is InChI=1S/C13H15ClN3/c1-4-16-9(3)17(5-2)13-7-11(14)10(8-15)6-12(13)16/h6-7H,4-5H2,1-3H3/q+1. The van der Waals surface area contributed by atoms with E-state index in [9.17, 15) is 0 Å². The lowest BCUT2D eigenvalue weighted by atomic mass is 10.2. The Morgan fingerprint density at radius 1 is 1.41 bits per heavy atom. The van der Waals surface area contributed by atoms with Gasteiger partial charge in [0.2, 0.25) is 0 Å². The van der Waals surface area contributed by atoms with Crippen LogP contribution >= 0.6 is 11.6 Å². The van der Waals surface area contributed by atoms with Gasteiger partial charge >= 0.3 is 0 Å². The second-order valence-corrected chi connectivity index (χ2v) is 4.38. The molecule has 3 nitrogen and oxygen atoms in total. The molecule has 17 heavy (non-hydrogen) atoms. The summed E-state index contributed by atoms with van der Waals surface area (Å²) in [6.07, 6.45) is 0. The first kappa shape index (κ1) is 11.9. The number of aryl methyl sites for hydroxylation is 2. The Labute approximate surface area is 106 Å². The Balaban J connectivity index is 2.91. The first-order valence-electron chi connectivity index (χ1n) is 5.76. The predicted octanol–water partition coefficient (Wildman–Crippen LogP) is 2.80. The molecule has 0 amide bonds. The van der Waals surface area contributed by atoms with Gasteiger partial charge < -0.3 is 0 Å². The molecule has 88 valence electrons. The Hall–Kier alpha value is -1.53. The average Bonchev–Trinajstić information content (AvgIpc) is 2.58. The van der Waals surface area contributed by atoms with Crippen LogP contribution in [0.2, 0.25) is 5.02 Å². The molecule has 0 aliphatic rings. The molecular formula is C13H15ClN3+. The number of nitrogens with zero attached hydrogens (tertiary/aromatic N) is 3. The Morgan fingerprint density at radius 3 is 2.65 bits per heavy atom. The van der Waals surface area contributed by atoms with E-state index >= 15 is 0 Å². The number of nitriles is 1. The lowest BCUT2D eigenvalue weighted by Crippen LogP contribution is -2.35. The Bertz CT molecular complexity index is 620. The molecule has 1 aromatic heterocycles. The highest BCUT2D eigenvalue weighted by Gasteiger charge is 2.21. The molecule has 0 aliphatic heterocycles. The summed E-state index contributed by atoms with van der Waals surface area (Å²) in [5.41, 5.74) is 2.71. The minimum Gasteiger partial charge on any atom is -0.228 e. The number of rotatable bonds is 2. The zero-order valence-electron chi connectivity index (χ0n) is 10.3. The number of hydrogen-bond acceptors (Lipinski definition) is 1. The molecule has 0 unspecified atom stereocenters. The molecule has 0 N–H and O–H groups in total. The summed E-state index contributed by atoms with van der Waals surface area (Å²) >= 11 is 6.09. The van der Waals surface area contributed by atoms with Gasteiger partial charge in [0.25, 0.3) is 5.82 Å². The summed E-state index contributed by atoms with van der Waals surface area (Å²) in [6, 6.07) is 5.89. The van der Waals surface area contributed by atoms with Gasteiger partial charge in [0.05, 0.1) is 23.7 Å². The monoisotopic (exact) mass is 248 g/mol. The van der Waals surface area contributed by atoms with Crippen molar-refractivity contribution in [3.05, 3.63) is 28.5 Å². The van der Waals surface area contributed by atoms with Gasteiger partial charge in [-0.3, -0.25) is 0 Å². The average molecular weight is 249 g/mol. The van der Waals surface area contributed by atoms with E-state index in [2.05, 4.69) is 36.0 Å². The minimum absolute atomic E-state index is 0.524. The summed E-state index contributed by atoms with van der Waals surface area (Å²) in [5.74, 6) is 1.19. The fourth-order valence-corrected chi connectivity index (χ4v) is 2.56. The quantitative estimate of drug-likeness (QED) is 0.753. The fourth-order valence-electron chi connectivity index (χ4n) is 2.36. The molecule has 0 bridgehead atoms. The summed E-state index contributed by atoms with van der Waals surface area (Å²) < 4.78 is 4.42. The first-order valence-corrected chi connectivity index (χ1v) is 6.14. The molecular weight excluding hydrogens is 234 g/mol. The van der Waals surface area contributed by atoms with Crippen LogP contribution in [0, 0.1) is 18.3 Å². The van der Waals surface area contributed by atoms with E-state index in [1.165, 1.54) is 5.82 Å².